The van der Waals surface area contributed by atoms with E-state index in [9.17, 15) is 14.4 Å². The third kappa shape index (κ3) is 3.57. The first-order valence-corrected chi connectivity index (χ1v) is 10.0. The Balaban J connectivity index is 1.59. The van der Waals surface area contributed by atoms with Crippen LogP contribution < -0.4 is 5.32 Å². The standard InChI is InChI=1S/C22H25N3O4/c1-12(2)10-18(25-21(27)15-6-4-5-7-16(15)22(25)28)20(26)24-14-8-9-19-17(11-14)23-13(3)29-19/h4-5,8-9,11-12,15-16,18H,6-7,10H2,1-3H3,(H,24,26)/t15-,16+,18-/m0/s1. The molecule has 1 saturated heterocycles. The summed E-state index contributed by atoms with van der Waals surface area (Å²) in [5, 5.41) is 2.87. The number of aryl methyl sites for hydroxylation is 1. The lowest BCUT2D eigenvalue weighted by atomic mass is 9.85. The van der Waals surface area contributed by atoms with Gasteiger partial charge < -0.3 is 9.73 Å². The highest BCUT2D eigenvalue weighted by Gasteiger charge is 2.51. The van der Waals surface area contributed by atoms with Gasteiger partial charge in [-0.2, -0.15) is 0 Å². The topological polar surface area (TPSA) is 92.5 Å². The Morgan fingerprint density at radius 1 is 1.21 bits per heavy atom. The summed E-state index contributed by atoms with van der Waals surface area (Å²) in [6.45, 7) is 5.71. The molecule has 1 aliphatic heterocycles. The quantitative estimate of drug-likeness (QED) is 0.618. The average molecular weight is 395 g/mol. The maximum atomic E-state index is 13.2. The van der Waals surface area contributed by atoms with Crippen LogP contribution in [0.3, 0.4) is 0 Å². The minimum absolute atomic E-state index is 0.146. The summed E-state index contributed by atoms with van der Waals surface area (Å²) in [7, 11) is 0. The van der Waals surface area contributed by atoms with Gasteiger partial charge in [0.2, 0.25) is 17.7 Å². The van der Waals surface area contributed by atoms with Gasteiger partial charge in [0.05, 0.1) is 11.8 Å². The number of carbonyl (C=O) groups is 3. The first kappa shape index (κ1) is 19.4. The maximum Gasteiger partial charge on any atom is 0.247 e. The molecule has 1 fully saturated rings. The van der Waals surface area contributed by atoms with Crippen LogP contribution >= 0.6 is 0 Å². The van der Waals surface area contributed by atoms with E-state index >= 15 is 0 Å². The fourth-order valence-corrected chi connectivity index (χ4v) is 4.26. The molecule has 0 unspecified atom stereocenters. The maximum absolute atomic E-state index is 13.2. The highest BCUT2D eigenvalue weighted by molar-refractivity contribution is 6.10. The normalized spacial score (nSPS) is 22.4. The number of hydrogen-bond acceptors (Lipinski definition) is 5. The van der Waals surface area contributed by atoms with Crippen LogP contribution in [0.4, 0.5) is 5.69 Å². The fraction of sp³-hybridized carbons (Fsp3) is 0.455. The van der Waals surface area contributed by atoms with Crippen LogP contribution in [0, 0.1) is 24.7 Å². The number of likely N-dealkylation sites (tertiary alicyclic amines) is 1. The Bertz CT molecular complexity index is 981. The van der Waals surface area contributed by atoms with E-state index in [-0.39, 0.29) is 35.5 Å². The zero-order valence-corrected chi connectivity index (χ0v) is 16.8. The number of allylic oxidation sites excluding steroid dienone is 2. The molecule has 3 atom stereocenters. The molecule has 0 radical (unpaired) electrons. The van der Waals surface area contributed by atoms with E-state index in [4.69, 9.17) is 4.42 Å². The number of anilines is 1. The number of hydrogen-bond donors (Lipinski definition) is 1. The van der Waals surface area contributed by atoms with Crippen LogP contribution in [0.5, 0.6) is 0 Å². The van der Waals surface area contributed by atoms with E-state index in [1.54, 1.807) is 25.1 Å². The molecule has 1 N–H and O–H groups in total. The molecular formula is C22H25N3O4. The second kappa shape index (κ2) is 7.46. The van der Waals surface area contributed by atoms with Crippen molar-refractivity contribution in [3.8, 4) is 0 Å². The van der Waals surface area contributed by atoms with Gasteiger partial charge in [-0.1, -0.05) is 26.0 Å². The lowest BCUT2D eigenvalue weighted by Gasteiger charge is -2.27. The monoisotopic (exact) mass is 395 g/mol. The molecule has 7 heteroatoms. The van der Waals surface area contributed by atoms with Crippen molar-refractivity contribution in [3.05, 3.63) is 36.2 Å². The fourth-order valence-electron chi connectivity index (χ4n) is 4.26. The molecular weight excluding hydrogens is 370 g/mol. The Morgan fingerprint density at radius 3 is 2.48 bits per heavy atom. The molecule has 1 aromatic heterocycles. The SMILES string of the molecule is Cc1nc2cc(NC(=O)[C@H](CC(C)C)N3C(=O)[C@H]4CC=CC[C@H]4C3=O)ccc2o1. The van der Waals surface area contributed by atoms with Crippen molar-refractivity contribution < 1.29 is 18.8 Å². The molecule has 1 aromatic carbocycles. The van der Waals surface area contributed by atoms with Crippen molar-refractivity contribution in [2.75, 3.05) is 5.32 Å². The number of benzene rings is 1. The zero-order chi connectivity index (χ0) is 20.7. The van der Waals surface area contributed by atoms with Crippen LogP contribution in [-0.2, 0) is 14.4 Å². The van der Waals surface area contributed by atoms with Gasteiger partial charge in [-0.3, -0.25) is 19.3 Å². The Labute approximate surface area is 169 Å². The molecule has 2 heterocycles. The van der Waals surface area contributed by atoms with E-state index in [1.165, 1.54) is 4.90 Å². The van der Waals surface area contributed by atoms with Crippen LogP contribution in [-0.4, -0.2) is 33.6 Å². The van der Waals surface area contributed by atoms with E-state index < -0.39 is 6.04 Å². The van der Waals surface area contributed by atoms with Gasteiger partial charge in [-0.25, -0.2) is 4.98 Å². The number of amides is 3. The van der Waals surface area contributed by atoms with Gasteiger partial charge >= 0.3 is 0 Å². The lowest BCUT2D eigenvalue weighted by molar-refractivity contribution is -0.147. The number of rotatable bonds is 5. The molecule has 4 rings (SSSR count). The number of nitrogens with zero attached hydrogens (tertiary/aromatic N) is 2. The number of oxazole rings is 1. The summed E-state index contributed by atoms with van der Waals surface area (Å²) in [5.41, 5.74) is 1.84. The predicted molar refractivity (Wildman–Crippen MR) is 108 cm³/mol. The first-order valence-electron chi connectivity index (χ1n) is 10.0. The summed E-state index contributed by atoms with van der Waals surface area (Å²) in [6, 6.07) is 4.38. The van der Waals surface area contributed by atoms with Crippen molar-refractivity contribution in [2.45, 2.75) is 46.1 Å². The van der Waals surface area contributed by atoms with E-state index in [2.05, 4.69) is 10.3 Å². The van der Waals surface area contributed by atoms with E-state index in [1.807, 2.05) is 26.0 Å². The van der Waals surface area contributed by atoms with E-state index in [0.717, 1.165) is 0 Å². The summed E-state index contributed by atoms with van der Waals surface area (Å²) in [4.78, 5) is 44.6. The molecule has 1 aliphatic carbocycles. The average Bonchev–Trinajstić information content (AvgIpc) is 3.16. The third-order valence-corrected chi connectivity index (χ3v) is 5.61. The Kier molecular flexibility index (Phi) is 4.98. The van der Waals surface area contributed by atoms with Gasteiger partial charge in [0.25, 0.3) is 0 Å². The summed E-state index contributed by atoms with van der Waals surface area (Å²) < 4.78 is 5.46. The van der Waals surface area contributed by atoms with E-state index in [0.29, 0.717) is 41.9 Å². The molecule has 2 aliphatic rings. The highest BCUT2D eigenvalue weighted by atomic mass is 16.3. The number of imide groups is 1. The van der Waals surface area contributed by atoms with Crippen LogP contribution in [0.25, 0.3) is 11.1 Å². The minimum atomic E-state index is -0.824. The van der Waals surface area contributed by atoms with Crippen LogP contribution in [0.1, 0.15) is 39.0 Å². The molecule has 0 spiro atoms. The van der Waals surface area contributed by atoms with Gasteiger partial charge in [0.1, 0.15) is 11.6 Å². The van der Waals surface area contributed by atoms with Gasteiger partial charge in [0, 0.05) is 12.6 Å². The molecule has 0 saturated carbocycles. The highest BCUT2D eigenvalue weighted by Crippen LogP contribution is 2.37. The summed E-state index contributed by atoms with van der Waals surface area (Å²) in [5.74, 6) is -0.806. The van der Waals surface area contributed by atoms with Crippen molar-refractivity contribution in [3.63, 3.8) is 0 Å². The number of nitrogens with one attached hydrogen (secondary N) is 1. The third-order valence-electron chi connectivity index (χ3n) is 5.61. The molecule has 29 heavy (non-hydrogen) atoms. The summed E-state index contributed by atoms with van der Waals surface area (Å²) >= 11 is 0. The largest absolute Gasteiger partial charge is 0.441 e. The summed E-state index contributed by atoms with van der Waals surface area (Å²) in [6.07, 6.45) is 5.43. The Hall–Kier alpha value is -2.96. The van der Waals surface area contributed by atoms with Crippen molar-refractivity contribution in [1.82, 2.24) is 9.88 Å². The number of aromatic nitrogens is 1. The molecule has 3 amide bonds. The van der Waals surface area contributed by atoms with Gasteiger partial charge in [0.15, 0.2) is 11.5 Å². The molecule has 7 nitrogen and oxygen atoms in total. The molecule has 2 aromatic rings. The van der Waals surface area contributed by atoms with Crippen molar-refractivity contribution in [1.29, 1.82) is 0 Å². The zero-order valence-electron chi connectivity index (χ0n) is 16.8. The van der Waals surface area contributed by atoms with Crippen molar-refractivity contribution >= 4 is 34.5 Å². The van der Waals surface area contributed by atoms with Crippen molar-refractivity contribution in [2.24, 2.45) is 17.8 Å². The minimum Gasteiger partial charge on any atom is -0.441 e. The Morgan fingerprint density at radius 2 is 1.86 bits per heavy atom. The number of fused-ring (bicyclic) bond motifs is 2. The second-order valence-corrected chi connectivity index (χ2v) is 8.25. The molecule has 0 bridgehead atoms. The van der Waals surface area contributed by atoms with Crippen LogP contribution in [0.2, 0.25) is 0 Å². The number of carbonyl (C=O) groups excluding carboxylic acids is 3. The van der Waals surface area contributed by atoms with Gasteiger partial charge in [-0.05, 0) is 43.4 Å². The molecule has 152 valence electrons. The van der Waals surface area contributed by atoms with Gasteiger partial charge in [-0.15, -0.1) is 0 Å². The van der Waals surface area contributed by atoms with Crippen LogP contribution in [0.15, 0.2) is 34.8 Å². The smallest absolute Gasteiger partial charge is 0.247 e. The lowest BCUT2D eigenvalue weighted by Crippen LogP contribution is -2.48. The first-order chi connectivity index (χ1) is 13.8. The predicted octanol–water partition coefficient (Wildman–Crippen LogP) is 3.44. The second-order valence-electron chi connectivity index (χ2n) is 8.25.